The third kappa shape index (κ3) is 4.62. The van der Waals surface area contributed by atoms with Crippen LogP contribution < -0.4 is 0 Å². The van der Waals surface area contributed by atoms with E-state index < -0.39 is 10.0 Å². The Labute approximate surface area is 192 Å². The lowest BCUT2D eigenvalue weighted by molar-refractivity contribution is -0.137. The van der Waals surface area contributed by atoms with Crippen LogP contribution in [0.2, 0.25) is 0 Å². The molecule has 2 fully saturated rings. The van der Waals surface area contributed by atoms with E-state index in [1.165, 1.54) is 5.56 Å². The van der Waals surface area contributed by atoms with Gasteiger partial charge in [-0.25, -0.2) is 8.42 Å². The number of hydrogen-bond acceptors (Lipinski definition) is 3. The smallest absolute Gasteiger partial charge is 0.243 e. The van der Waals surface area contributed by atoms with Crippen LogP contribution >= 0.6 is 0 Å². The fourth-order valence-electron chi connectivity index (χ4n) is 5.46. The van der Waals surface area contributed by atoms with Crippen LogP contribution in [0.4, 0.5) is 0 Å². The summed E-state index contributed by atoms with van der Waals surface area (Å²) in [6.45, 7) is 8.11. The van der Waals surface area contributed by atoms with E-state index in [0.717, 1.165) is 42.6 Å². The molecule has 0 unspecified atom stereocenters. The van der Waals surface area contributed by atoms with Gasteiger partial charge >= 0.3 is 0 Å². The number of benzene rings is 2. The van der Waals surface area contributed by atoms with Gasteiger partial charge in [0.05, 0.1) is 4.90 Å². The highest BCUT2D eigenvalue weighted by atomic mass is 32.2. The standard InChI is InChI=1S/C26H34N2O3S/c1-19-17-20(2)25(21(3)18-19)32(30,31)28-15-11-24(12-16-28)26(29)27-13-9-23(10-14-27)22-7-5-4-6-8-22/h4-8,17-18,23-24H,9-16H2,1-3H3. The number of hydrogen-bond donors (Lipinski definition) is 0. The molecule has 0 spiro atoms. The maximum atomic E-state index is 13.3. The average molecular weight is 455 g/mol. The summed E-state index contributed by atoms with van der Waals surface area (Å²) in [6, 6.07) is 14.4. The van der Waals surface area contributed by atoms with Crippen molar-refractivity contribution >= 4 is 15.9 Å². The number of piperidine rings is 2. The molecule has 0 N–H and O–H groups in total. The fraction of sp³-hybridized carbons (Fsp3) is 0.500. The molecule has 2 aromatic rings. The zero-order valence-electron chi connectivity index (χ0n) is 19.4. The minimum atomic E-state index is -3.54. The van der Waals surface area contributed by atoms with Crippen molar-refractivity contribution in [3.05, 3.63) is 64.7 Å². The van der Waals surface area contributed by atoms with Crippen LogP contribution in [-0.2, 0) is 14.8 Å². The lowest BCUT2D eigenvalue weighted by Crippen LogP contribution is -2.46. The molecule has 0 aromatic heterocycles. The molecule has 2 aromatic carbocycles. The van der Waals surface area contributed by atoms with E-state index in [1.807, 2.05) is 43.9 Å². The number of rotatable bonds is 4. The normalized spacial score (nSPS) is 19.3. The third-order valence-electron chi connectivity index (χ3n) is 7.08. The van der Waals surface area contributed by atoms with Crippen molar-refractivity contribution in [2.24, 2.45) is 5.92 Å². The minimum Gasteiger partial charge on any atom is -0.342 e. The Balaban J connectivity index is 1.35. The van der Waals surface area contributed by atoms with E-state index in [4.69, 9.17) is 0 Å². The predicted octanol–water partition coefficient (Wildman–Crippen LogP) is 4.42. The molecule has 2 heterocycles. The van der Waals surface area contributed by atoms with Gasteiger partial charge in [0.15, 0.2) is 0 Å². The molecule has 6 heteroatoms. The zero-order chi connectivity index (χ0) is 22.9. The van der Waals surface area contributed by atoms with Crippen molar-refractivity contribution in [1.82, 2.24) is 9.21 Å². The van der Waals surface area contributed by atoms with E-state index >= 15 is 0 Å². The van der Waals surface area contributed by atoms with Crippen LogP contribution in [0, 0.1) is 26.7 Å². The Morgan fingerprint density at radius 3 is 1.97 bits per heavy atom. The van der Waals surface area contributed by atoms with Gasteiger partial charge in [-0.3, -0.25) is 4.79 Å². The number of sulfonamides is 1. The molecule has 2 saturated heterocycles. The van der Waals surface area contributed by atoms with Crippen LogP contribution in [0.25, 0.3) is 0 Å². The van der Waals surface area contributed by atoms with Gasteiger partial charge < -0.3 is 4.90 Å². The van der Waals surface area contributed by atoms with Crippen molar-refractivity contribution in [3.8, 4) is 0 Å². The summed E-state index contributed by atoms with van der Waals surface area (Å²) in [5, 5.41) is 0. The zero-order valence-corrected chi connectivity index (χ0v) is 20.2. The summed E-state index contributed by atoms with van der Waals surface area (Å²) in [5.74, 6) is 0.652. The van der Waals surface area contributed by atoms with Gasteiger partial charge in [0, 0.05) is 32.1 Å². The molecule has 0 bridgehead atoms. The largest absolute Gasteiger partial charge is 0.342 e. The average Bonchev–Trinajstić information content (AvgIpc) is 2.78. The summed E-state index contributed by atoms with van der Waals surface area (Å²) in [6.07, 6.45) is 3.19. The van der Waals surface area contributed by atoms with Crippen molar-refractivity contribution in [3.63, 3.8) is 0 Å². The van der Waals surface area contributed by atoms with Gasteiger partial charge in [-0.15, -0.1) is 0 Å². The second-order valence-corrected chi connectivity index (χ2v) is 11.3. The van der Waals surface area contributed by atoms with E-state index in [0.29, 0.717) is 36.7 Å². The van der Waals surface area contributed by atoms with Crippen molar-refractivity contribution in [2.45, 2.75) is 57.3 Å². The summed E-state index contributed by atoms with van der Waals surface area (Å²) in [7, 11) is -3.54. The number of carbonyl (C=O) groups excluding carboxylic acids is 1. The van der Waals surface area contributed by atoms with E-state index in [1.54, 1.807) is 4.31 Å². The number of likely N-dealkylation sites (tertiary alicyclic amines) is 1. The maximum Gasteiger partial charge on any atom is 0.243 e. The van der Waals surface area contributed by atoms with Gasteiger partial charge in [-0.1, -0.05) is 48.0 Å². The molecule has 0 atom stereocenters. The van der Waals surface area contributed by atoms with Crippen LogP contribution in [-0.4, -0.2) is 49.7 Å². The molecule has 2 aliphatic rings. The lowest BCUT2D eigenvalue weighted by atomic mass is 9.88. The second kappa shape index (κ2) is 9.36. The molecular formula is C26H34N2O3S. The minimum absolute atomic E-state index is 0.0741. The van der Waals surface area contributed by atoms with Crippen LogP contribution in [0.15, 0.2) is 47.4 Å². The van der Waals surface area contributed by atoms with Crippen molar-refractivity contribution in [2.75, 3.05) is 26.2 Å². The number of aryl methyl sites for hydroxylation is 3. The first kappa shape index (κ1) is 23.0. The third-order valence-corrected chi connectivity index (χ3v) is 9.29. The molecule has 2 aliphatic heterocycles. The van der Waals surface area contributed by atoms with Gasteiger partial charge in [-0.05, 0) is 69.1 Å². The summed E-state index contributed by atoms with van der Waals surface area (Å²) in [5.41, 5.74) is 4.02. The molecule has 1 amide bonds. The highest BCUT2D eigenvalue weighted by Crippen LogP contribution is 2.32. The number of carbonyl (C=O) groups is 1. The Kier molecular flexibility index (Phi) is 6.72. The summed E-state index contributed by atoms with van der Waals surface area (Å²) in [4.78, 5) is 15.6. The second-order valence-electron chi connectivity index (χ2n) is 9.42. The van der Waals surface area contributed by atoms with E-state index in [9.17, 15) is 13.2 Å². The molecule has 0 aliphatic carbocycles. The molecule has 172 valence electrons. The van der Waals surface area contributed by atoms with Crippen LogP contribution in [0.3, 0.4) is 0 Å². The first-order valence-corrected chi connectivity index (χ1v) is 13.1. The SMILES string of the molecule is Cc1cc(C)c(S(=O)(=O)N2CCC(C(=O)N3CCC(c4ccccc4)CC3)CC2)c(C)c1. The Bertz CT molecular complexity index is 1040. The van der Waals surface area contributed by atoms with Crippen LogP contribution in [0.5, 0.6) is 0 Å². The molecule has 4 rings (SSSR count). The molecule has 5 nitrogen and oxygen atoms in total. The molecule has 0 saturated carbocycles. The lowest BCUT2D eigenvalue weighted by Gasteiger charge is -2.37. The van der Waals surface area contributed by atoms with E-state index in [2.05, 4.69) is 24.3 Å². The molecular weight excluding hydrogens is 420 g/mol. The first-order valence-electron chi connectivity index (χ1n) is 11.7. The summed E-state index contributed by atoms with van der Waals surface area (Å²) >= 11 is 0. The summed E-state index contributed by atoms with van der Waals surface area (Å²) < 4.78 is 28.2. The van der Waals surface area contributed by atoms with Crippen molar-refractivity contribution in [1.29, 1.82) is 0 Å². The van der Waals surface area contributed by atoms with Gasteiger partial charge in [0.2, 0.25) is 15.9 Å². The van der Waals surface area contributed by atoms with Gasteiger partial charge in [0.25, 0.3) is 0 Å². The van der Waals surface area contributed by atoms with Crippen LogP contribution in [0.1, 0.15) is 53.9 Å². The van der Waals surface area contributed by atoms with Gasteiger partial charge in [0.1, 0.15) is 0 Å². The molecule has 32 heavy (non-hydrogen) atoms. The number of nitrogens with zero attached hydrogens (tertiary/aromatic N) is 2. The quantitative estimate of drug-likeness (QED) is 0.687. The maximum absolute atomic E-state index is 13.3. The number of amides is 1. The Hall–Kier alpha value is -2.18. The highest BCUT2D eigenvalue weighted by molar-refractivity contribution is 7.89. The van der Waals surface area contributed by atoms with Crippen molar-refractivity contribution < 1.29 is 13.2 Å². The predicted molar refractivity (Wildman–Crippen MR) is 127 cm³/mol. The monoisotopic (exact) mass is 454 g/mol. The molecule has 0 radical (unpaired) electrons. The Morgan fingerprint density at radius 2 is 1.41 bits per heavy atom. The van der Waals surface area contributed by atoms with E-state index in [-0.39, 0.29) is 11.8 Å². The van der Waals surface area contributed by atoms with Gasteiger partial charge in [-0.2, -0.15) is 4.31 Å². The fourth-order valence-corrected chi connectivity index (χ4v) is 7.34. The Morgan fingerprint density at radius 1 is 0.844 bits per heavy atom. The topological polar surface area (TPSA) is 57.7 Å². The highest BCUT2D eigenvalue weighted by Gasteiger charge is 2.36. The first-order chi connectivity index (χ1) is 15.3.